The van der Waals surface area contributed by atoms with E-state index in [2.05, 4.69) is 128 Å². The number of nitrogens with zero attached hydrogens (tertiary/aromatic N) is 3. The summed E-state index contributed by atoms with van der Waals surface area (Å²) in [7, 11) is 0. The minimum Gasteiger partial charge on any atom is -0.277 e. The van der Waals surface area contributed by atoms with Crippen LogP contribution >= 0.6 is 11.3 Å². The lowest BCUT2D eigenvalue weighted by Gasteiger charge is -2.13. The Balaban J connectivity index is 1.50. The van der Waals surface area contributed by atoms with Gasteiger partial charge in [0.05, 0.1) is 22.2 Å². The quantitative estimate of drug-likeness (QED) is 0.212. The van der Waals surface area contributed by atoms with Crippen molar-refractivity contribution in [3.05, 3.63) is 126 Å². The molecule has 3 heterocycles. The smallest absolute Gasteiger partial charge is 0.235 e. The number of thiophene rings is 1. The van der Waals surface area contributed by atoms with E-state index in [4.69, 9.17) is 9.97 Å². The van der Waals surface area contributed by atoms with Gasteiger partial charge in [0.2, 0.25) is 5.95 Å². The molecule has 0 unspecified atom stereocenters. The summed E-state index contributed by atoms with van der Waals surface area (Å²) in [6, 6.07) is 41.4. The van der Waals surface area contributed by atoms with E-state index in [1.54, 1.807) is 0 Å². The van der Waals surface area contributed by atoms with Crippen LogP contribution in [-0.4, -0.2) is 14.5 Å². The van der Waals surface area contributed by atoms with Gasteiger partial charge in [0.15, 0.2) is 0 Å². The molecule has 9 aromatic rings. The lowest BCUT2D eigenvalue weighted by molar-refractivity contribution is 1.02. The number of rotatable bonds is 2. The third-order valence-electron chi connectivity index (χ3n) is 8.56. The van der Waals surface area contributed by atoms with Gasteiger partial charge in [-0.3, -0.25) is 4.57 Å². The zero-order chi connectivity index (χ0) is 27.9. The molecule has 3 aromatic heterocycles. The average Bonchev–Trinajstić information content (AvgIpc) is 3.54. The Kier molecular flexibility index (Phi) is 4.90. The topological polar surface area (TPSA) is 30.7 Å². The molecule has 0 aliphatic carbocycles. The first kappa shape index (κ1) is 23.6. The molecule has 4 heteroatoms. The van der Waals surface area contributed by atoms with Crippen LogP contribution in [0, 0.1) is 13.8 Å². The summed E-state index contributed by atoms with van der Waals surface area (Å²) >= 11 is 1.87. The van der Waals surface area contributed by atoms with Crippen molar-refractivity contribution in [2.24, 2.45) is 0 Å². The van der Waals surface area contributed by atoms with E-state index in [0.717, 1.165) is 33.2 Å². The number of hydrogen-bond donors (Lipinski definition) is 0. The average molecular weight is 556 g/mol. The van der Waals surface area contributed by atoms with E-state index in [9.17, 15) is 0 Å². The molecule has 0 bridgehead atoms. The molecule has 6 aromatic carbocycles. The van der Waals surface area contributed by atoms with Crippen molar-refractivity contribution in [3.63, 3.8) is 0 Å². The summed E-state index contributed by atoms with van der Waals surface area (Å²) in [6.07, 6.45) is 0. The molecule has 0 aliphatic rings. The maximum atomic E-state index is 5.34. The van der Waals surface area contributed by atoms with Crippen LogP contribution in [0.4, 0.5) is 0 Å². The van der Waals surface area contributed by atoms with Gasteiger partial charge in [-0.1, -0.05) is 84.4 Å². The Morgan fingerprint density at radius 3 is 2.14 bits per heavy atom. The largest absolute Gasteiger partial charge is 0.277 e. The molecule has 0 N–H and O–H groups in total. The summed E-state index contributed by atoms with van der Waals surface area (Å²) in [6.45, 7) is 4.38. The highest BCUT2D eigenvalue weighted by molar-refractivity contribution is 7.25. The summed E-state index contributed by atoms with van der Waals surface area (Å²) in [5.74, 6) is 0.691. The molecule has 0 amide bonds. The van der Waals surface area contributed by atoms with E-state index >= 15 is 0 Å². The number of hydrogen-bond acceptors (Lipinski definition) is 3. The third-order valence-corrected chi connectivity index (χ3v) is 9.69. The van der Waals surface area contributed by atoms with Crippen LogP contribution in [0.3, 0.4) is 0 Å². The molecule has 0 spiro atoms. The molecule has 42 heavy (non-hydrogen) atoms. The number of aromatic nitrogens is 3. The van der Waals surface area contributed by atoms with Crippen molar-refractivity contribution in [1.82, 2.24) is 14.5 Å². The zero-order valence-electron chi connectivity index (χ0n) is 23.2. The molecule has 0 saturated carbocycles. The number of fused-ring (bicyclic) bond motifs is 9. The molecule has 3 nitrogen and oxygen atoms in total. The highest BCUT2D eigenvalue weighted by atomic mass is 32.1. The predicted molar refractivity (Wildman–Crippen MR) is 179 cm³/mol. The van der Waals surface area contributed by atoms with Crippen LogP contribution in [0.1, 0.15) is 11.1 Å². The van der Waals surface area contributed by atoms with Crippen molar-refractivity contribution in [2.45, 2.75) is 13.8 Å². The van der Waals surface area contributed by atoms with Crippen LogP contribution in [0.2, 0.25) is 0 Å². The summed E-state index contributed by atoms with van der Waals surface area (Å²) < 4.78 is 4.93. The van der Waals surface area contributed by atoms with Crippen LogP contribution in [0.15, 0.2) is 115 Å². The van der Waals surface area contributed by atoms with E-state index < -0.39 is 0 Å². The number of aryl methyl sites for hydroxylation is 2. The zero-order valence-corrected chi connectivity index (χ0v) is 24.0. The first-order valence-electron chi connectivity index (χ1n) is 14.3. The third kappa shape index (κ3) is 3.33. The molecule has 198 valence electrons. The molecule has 0 atom stereocenters. The molecule has 0 saturated heterocycles. The number of para-hydroxylation sites is 1. The second-order valence-electron chi connectivity index (χ2n) is 11.2. The van der Waals surface area contributed by atoms with Crippen LogP contribution in [-0.2, 0) is 0 Å². The summed E-state index contributed by atoms with van der Waals surface area (Å²) in [5, 5.41) is 8.56. The van der Waals surface area contributed by atoms with Gasteiger partial charge in [0.25, 0.3) is 0 Å². The molecular weight excluding hydrogens is 531 g/mol. The SMILES string of the molecule is Cc1ccc2sc3cc4c5cc(C)c6ccccc6c5n(-c5nc(-c6ccccc6)c6ccccc6n5)c4cc3c2c1. The van der Waals surface area contributed by atoms with Crippen molar-refractivity contribution in [1.29, 1.82) is 0 Å². The predicted octanol–water partition coefficient (Wildman–Crippen LogP) is 10.5. The van der Waals surface area contributed by atoms with E-state index in [1.165, 1.54) is 52.8 Å². The Bertz CT molecular complexity index is 2540. The molecule has 0 radical (unpaired) electrons. The van der Waals surface area contributed by atoms with Gasteiger partial charge in [0, 0.05) is 47.3 Å². The van der Waals surface area contributed by atoms with Crippen LogP contribution < -0.4 is 0 Å². The highest BCUT2D eigenvalue weighted by Crippen LogP contribution is 2.43. The highest BCUT2D eigenvalue weighted by Gasteiger charge is 2.21. The normalized spacial score (nSPS) is 12.0. The molecular formula is C38H25N3S. The number of benzene rings is 6. The van der Waals surface area contributed by atoms with Gasteiger partial charge >= 0.3 is 0 Å². The van der Waals surface area contributed by atoms with Gasteiger partial charge in [-0.25, -0.2) is 9.97 Å². The molecule has 0 aliphatic heterocycles. The summed E-state index contributed by atoms with van der Waals surface area (Å²) in [4.78, 5) is 10.6. The second kappa shape index (κ2) is 8.72. The fourth-order valence-electron chi connectivity index (χ4n) is 6.62. The molecule has 0 fully saturated rings. The van der Waals surface area contributed by atoms with E-state index in [1.807, 2.05) is 17.4 Å². The molecule has 9 rings (SSSR count). The fraction of sp³-hybridized carbons (Fsp3) is 0.0526. The Morgan fingerprint density at radius 2 is 1.29 bits per heavy atom. The lowest BCUT2D eigenvalue weighted by atomic mass is 10.0. The first-order valence-corrected chi connectivity index (χ1v) is 15.1. The first-order chi connectivity index (χ1) is 20.6. The minimum atomic E-state index is 0.691. The lowest BCUT2D eigenvalue weighted by Crippen LogP contribution is -2.04. The van der Waals surface area contributed by atoms with Crippen molar-refractivity contribution in [3.8, 4) is 17.2 Å². The fourth-order valence-corrected chi connectivity index (χ4v) is 7.73. The Hall–Kier alpha value is -5.06. The summed E-state index contributed by atoms with van der Waals surface area (Å²) in [5.41, 5.74) is 7.79. The Labute approximate surface area is 246 Å². The van der Waals surface area contributed by atoms with Gasteiger partial charge in [-0.15, -0.1) is 11.3 Å². The maximum absolute atomic E-state index is 5.34. The van der Waals surface area contributed by atoms with Crippen molar-refractivity contribution >= 4 is 75.0 Å². The van der Waals surface area contributed by atoms with Crippen molar-refractivity contribution in [2.75, 3.05) is 0 Å². The van der Waals surface area contributed by atoms with Crippen LogP contribution in [0.25, 0.3) is 80.9 Å². The van der Waals surface area contributed by atoms with Crippen molar-refractivity contribution < 1.29 is 0 Å². The van der Waals surface area contributed by atoms with E-state index in [-0.39, 0.29) is 0 Å². The van der Waals surface area contributed by atoms with Gasteiger partial charge in [-0.05, 0) is 61.2 Å². The van der Waals surface area contributed by atoms with Crippen LogP contribution in [0.5, 0.6) is 0 Å². The Morgan fingerprint density at radius 1 is 0.548 bits per heavy atom. The second-order valence-corrected chi connectivity index (χ2v) is 12.3. The van der Waals surface area contributed by atoms with Gasteiger partial charge in [0.1, 0.15) is 0 Å². The minimum absolute atomic E-state index is 0.691. The standard InChI is InChI=1S/C38H25N3S/c1-22-16-17-34-29(18-22)30-20-33-28(21-35(30)42-34)31-19-23(2)25-12-6-7-13-26(25)37(31)41(33)38-39-32-15-9-8-14-27(32)36(40-38)24-10-4-3-5-11-24/h3-21H,1-2H3. The maximum Gasteiger partial charge on any atom is 0.235 e. The van der Waals surface area contributed by atoms with Gasteiger partial charge in [-0.2, -0.15) is 0 Å². The monoisotopic (exact) mass is 555 g/mol. The van der Waals surface area contributed by atoms with Gasteiger partial charge < -0.3 is 0 Å². The van der Waals surface area contributed by atoms with E-state index in [0.29, 0.717) is 5.95 Å².